The minimum Gasteiger partial charge on any atom is -0.497 e. The van der Waals surface area contributed by atoms with E-state index >= 15 is 0 Å². The monoisotopic (exact) mass is 450 g/mol. The molecule has 1 saturated heterocycles. The minimum absolute atomic E-state index is 0.0237. The number of aromatic amines is 1. The highest BCUT2D eigenvalue weighted by molar-refractivity contribution is 5.94. The second-order valence-corrected chi connectivity index (χ2v) is 8.24. The summed E-state index contributed by atoms with van der Waals surface area (Å²) in [5.41, 5.74) is 2.27. The van der Waals surface area contributed by atoms with Crippen molar-refractivity contribution >= 4 is 28.9 Å². The first-order valence-corrected chi connectivity index (χ1v) is 10.9. The van der Waals surface area contributed by atoms with Crippen molar-refractivity contribution in [3.63, 3.8) is 0 Å². The SMILES string of the molecule is COc1cccc(/C=C/C(=O)N(C)CC(=O)N2CCC(c3nc4ccc(F)cc4[nH]3)CC2)c1. The number of aromatic nitrogens is 2. The molecule has 2 heterocycles. The maximum Gasteiger partial charge on any atom is 0.246 e. The van der Waals surface area contributed by atoms with E-state index in [1.54, 1.807) is 31.2 Å². The number of ether oxygens (including phenoxy) is 1. The zero-order valence-electron chi connectivity index (χ0n) is 18.8. The average Bonchev–Trinajstić information content (AvgIpc) is 3.26. The Balaban J connectivity index is 1.29. The molecule has 1 aliphatic rings. The number of amides is 2. The molecule has 4 rings (SSSR count). The molecule has 3 aromatic rings. The summed E-state index contributed by atoms with van der Waals surface area (Å²) in [4.78, 5) is 36.1. The van der Waals surface area contributed by atoms with Gasteiger partial charge >= 0.3 is 0 Å². The van der Waals surface area contributed by atoms with Crippen LogP contribution in [-0.4, -0.2) is 65.4 Å². The van der Waals surface area contributed by atoms with Crippen LogP contribution in [0.4, 0.5) is 4.39 Å². The Bertz CT molecular complexity index is 1180. The van der Waals surface area contributed by atoms with E-state index in [0.717, 1.165) is 29.7 Å². The summed E-state index contributed by atoms with van der Waals surface area (Å²) >= 11 is 0. The third-order valence-corrected chi connectivity index (χ3v) is 5.96. The quantitative estimate of drug-likeness (QED) is 0.582. The van der Waals surface area contributed by atoms with Crippen molar-refractivity contribution in [3.05, 3.63) is 65.7 Å². The van der Waals surface area contributed by atoms with Crippen LogP contribution in [0.2, 0.25) is 0 Å². The fourth-order valence-corrected chi connectivity index (χ4v) is 4.02. The number of hydrogen-bond acceptors (Lipinski definition) is 4. The molecule has 7 nitrogen and oxygen atoms in total. The van der Waals surface area contributed by atoms with Gasteiger partial charge in [-0.3, -0.25) is 9.59 Å². The number of rotatable bonds is 6. The molecule has 2 aromatic carbocycles. The van der Waals surface area contributed by atoms with Crippen LogP contribution in [0.3, 0.4) is 0 Å². The molecule has 0 atom stereocenters. The van der Waals surface area contributed by atoms with E-state index in [9.17, 15) is 14.0 Å². The normalized spacial score (nSPS) is 14.7. The van der Waals surface area contributed by atoms with Crippen molar-refractivity contribution < 1.29 is 18.7 Å². The van der Waals surface area contributed by atoms with Crippen LogP contribution in [0, 0.1) is 5.82 Å². The topological polar surface area (TPSA) is 78.5 Å². The van der Waals surface area contributed by atoms with Crippen LogP contribution in [-0.2, 0) is 9.59 Å². The maximum atomic E-state index is 13.4. The Kier molecular flexibility index (Phi) is 6.72. The highest BCUT2D eigenvalue weighted by atomic mass is 19.1. The summed E-state index contributed by atoms with van der Waals surface area (Å²) in [6.07, 6.45) is 4.69. The molecule has 1 N–H and O–H groups in total. The van der Waals surface area contributed by atoms with Crippen molar-refractivity contribution in [2.24, 2.45) is 0 Å². The van der Waals surface area contributed by atoms with Crippen LogP contribution in [0.5, 0.6) is 5.75 Å². The third-order valence-electron chi connectivity index (χ3n) is 5.96. The Morgan fingerprint density at radius 1 is 1.24 bits per heavy atom. The first kappa shape index (κ1) is 22.5. The highest BCUT2D eigenvalue weighted by Gasteiger charge is 2.26. The van der Waals surface area contributed by atoms with Gasteiger partial charge in [0.05, 0.1) is 24.7 Å². The average molecular weight is 451 g/mol. The largest absolute Gasteiger partial charge is 0.497 e. The summed E-state index contributed by atoms with van der Waals surface area (Å²) in [5, 5.41) is 0. The fraction of sp³-hybridized carbons (Fsp3) is 0.320. The Labute approximate surface area is 191 Å². The molecule has 0 spiro atoms. The molecular weight excluding hydrogens is 423 g/mol. The van der Waals surface area contributed by atoms with Gasteiger partial charge < -0.3 is 19.5 Å². The van der Waals surface area contributed by atoms with Gasteiger partial charge in [-0.25, -0.2) is 9.37 Å². The van der Waals surface area contributed by atoms with E-state index in [1.807, 2.05) is 24.3 Å². The summed E-state index contributed by atoms with van der Waals surface area (Å²) in [6, 6.07) is 11.9. The molecular formula is C25H27FN4O3. The second kappa shape index (κ2) is 9.85. The lowest BCUT2D eigenvalue weighted by molar-refractivity contribution is -0.138. The maximum absolute atomic E-state index is 13.4. The number of imidazole rings is 1. The molecule has 2 amide bonds. The van der Waals surface area contributed by atoms with Crippen LogP contribution < -0.4 is 4.74 Å². The summed E-state index contributed by atoms with van der Waals surface area (Å²) in [6.45, 7) is 1.21. The molecule has 8 heteroatoms. The van der Waals surface area contributed by atoms with Crippen LogP contribution >= 0.6 is 0 Å². The number of piperidine rings is 1. The minimum atomic E-state index is -0.296. The van der Waals surface area contributed by atoms with E-state index in [0.29, 0.717) is 24.4 Å². The van der Waals surface area contributed by atoms with Gasteiger partial charge in [-0.2, -0.15) is 0 Å². The van der Waals surface area contributed by atoms with Gasteiger partial charge in [0.2, 0.25) is 11.8 Å². The Hall–Kier alpha value is -3.68. The number of carbonyl (C=O) groups is 2. The molecule has 1 fully saturated rings. The Morgan fingerprint density at radius 3 is 2.79 bits per heavy atom. The van der Waals surface area contributed by atoms with Crippen LogP contribution in [0.25, 0.3) is 17.1 Å². The molecule has 1 aliphatic heterocycles. The number of benzene rings is 2. The molecule has 172 valence electrons. The molecule has 0 saturated carbocycles. The molecule has 0 radical (unpaired) electrons. The lowest BCUT2D eigenvalue weighted by atomic mass is 9.96. The highest BCUT2D eigenvalue weighted by Crippen LogP contribution is 2.28. The van der Waals surface area contributed by atoms with Crippen molar-refractivity contribution in [3.8, 4) is 5.75 Å². The van der Waals surface area contributed by atoms with E-state index in [1.165, 1.54) is 23.1 Å². The lowest BCUT2D eigenvalue weighted by Crippen LogP contribution is -2.44. The number of fused-ring (bicyclic) bond motifs is 1. The van der Waals surface area contributed by atoms with Gasteiger partial charge in [0.15, 0.2) is 0 Å². The standard InChI is InChI=1S/C25H27FN4O3/c1-29(23(31)9-6-17-4-3-5-20(14-17)33-2)16-24(32)30-12-10-18(11-13-30)25-27-21-8-7-19(26)15-22(21)28-25/h3-9,14-15,18H,10-13,16H2,1-2H3,(H,27,28)/b9-6+. The first-order chi connectivity index (χ1) is 15.9. The number of nitrogens with one attached hydrogen (secondary N) is 1. The number of halogens is 1. The fourth-order valence-electron chi connectivity index (χ4n) is 4.02. The van der Waals surface area contributed by atoms with E-state index in [-0.39, 0.29) is 30.1 Å². The van der Waals surface area contributed by atoms with Crippen molar-refractivity contribution in [1.29, 1.82) is 0 Å². The summed E-state index contributed by atoms with van der Waals surface area (Å²) in [5.74, 6) is 1.12. The molecule has 1 aromatic heterocycles. The van der Waals surface area contributed by atoms with Gasteiger partial charge in [0, 0.05) is 32.1 Å². The zero-order chi connectivity index (χ0) is 23.4. The number of likely N-dealkylation sites (N-methyl/N-ethyl adjacent to an activating group) is 1. The number of likely N-dealkylation sites (tertiary alicyclic amines) is 1. The van der Waals surface area contributed by atoms with Gasteiger partial charge in [0.25, 0.3) is 0 Å². The third kappa shape index (κ3) is 5.39. The van der Waals surface area contributed by atoms with Crippen molar-refractivity contribution in [2.45, 2.75) is 18.8 Å². The van der Waals surface area contributed by atoms with Crippen LogP contribution in [0.15, 0.2) is 48.5 Å². The molecule has 33 heavy (non-hydrogen) atoms. The summed E-state index contributed by atoms with van der Waals surface area (Å²) in [7, 11) is 3.21. The molecule has 0 aliphatic carbocycles. The number of methoxy groups -OCH3 is 1. The van der Waals surface area contributed by atoms with Gasteiger partial charge in [-0.05, 0) is 54.8 Å². The Morgan fingerprint density at radius 2 is 2.03 bits per heavy atom. The number of nitrogens with zero attached hydrogens (tertiary/aromatic N) is 3. The number of carbonyl (C=O) groups excluding carboxylic acids is 2. The van der Waals surface area contributed by atoms with Gasteiger partial charge in [-0.1, -0.05) is 12.1 Å². The first-order valence-electron chi connectivity index (χ1n) is 10.9. The van der Waals surface area contributed by atoms with Crippen molar-refractivity contribution in [2.75, 3.05) is 33.8 Å². The number of hydrogen-bond donors (Lipinski definition) is 1. The van der Waals surface area contributed by atoms with Crippen molar-refractivity contribution in [1.82, 2.24) is 19.8 Å². The predicted octanol–water partition coefficient (Wildman–Crippen LogP) is 3.59. The predicted molar refractivity (Wildman–Crippen MR) is 124 cm³/mol. The van der Waals surface area contributed by atoms with Gasteiger partial charge in [-0.15, -0.1) is 0 Å². The molecule has 0 bridgehead atoms. The van der Waals surface area contributed by atoms with E-state index in [2.05, 4.69) is 9.97 Å². The lowest BCUT2D eigenvalue weighted by Gasteiger charge is -2.32. The summed E-state index contributed by atoms with van der Waals surface area (Å²) < 4.78 is 18.6. The molecule has 0 unspecified atom stereocenters. The smallest absolute Gasteiger partial charge is 0.246 e. The zero-order valence-corrected chi connectivity index (χ0v) is 18.8. The van der Waals surface area contributed by atoms with E-state index in [4.69, 9.17) is 4.74 Å². The number of H-pyrrole nitrogens is 1. The second-order valence-electron chi connectivity index (χ2n) is 8.24. The van der Waals surface area contributed by atoms with E-state index < -0.39 is 0 Å². The van der Waals surface area contributed by atoms with Gasteiger partial charge in [0.1, 0.15) is 17.4 Å². The van der Waals surface area contributed by atoms with Crippen LogP contribution in [0.1, 0.15) is 30.1 Å².